The zero-order chi connectivity index (χ0) is 11.4. The molecule has 0 bridgehead atoms. The predicted octanol–water partition coefficient (Wildman–Crippen LogP) is 2.03. The molecule has 0 radical (unpaired) electrons. The molecule has 0 amide bonds. The highest BCUT2D eigenvalue weighted by Gasteiger charge is 2.05. The predicted molar refractivity (Wildman–Crippen MR) is 60.2 cm³/mol. The number of rotatable bonds is 4. The van der Waals surface area contributed by atoms with Gasteiger partial charge in [-0.1, -0.05) is 23.7 Å². The number of hydrogen-bond acceptors (Lipinski definition) is 2. The van der Waals surface area contributed by atoms with Gasteiger partial charge < -0.3 is 10.0 Å². The van der Waals surface area contributed by atoms with Gasteiger partial charge in [0.2, 0.25) is 0 Å². The van der Waals surface area contributed by atoms with Crippen molar-refractivity contribution in [1.82, 2.24) is 4.90 Å². The van der Waals surface area contributed by atoms with Crippen LogP contribution in [0.2, 0.25) is 5.02 Å². The van der Waals surface area contributed by atoms with Gasteiger partial charge in [-0.05, 0) is 31.3 Å². The van der Waals surface area contributed by atoms with Crippen LogP contribution < -0.4 is 0 Å². The zero-order valence-electron chi connectivity index (χ0n) is 8.83. The number of aliphatic carboxylic acids is 1. The van der Waals surface area contributed by atoms with Crippen LogP contribution >= 0.6 is 11.6 Å². The van der Waals surface area contributed by atoms with E-state index in [1.807, 2.05) is 25.1 Å². The van der Waals surface area contributed by atoms with Crippen molar-refractivity contribution in [2.45, 2.75) is 13.0 Å². The molecule has 0 saturated carbocycles. The van der Waals surface area contributed by atoms with Crippen LogP contribution in [0.25, 0.3) is 0 Å². The van der Waals surface area contributed by atoms with E-state index in [0.717, 1.165) is 17.7 Å². The lowest BCUT2D eigenvalue weighted by atomic mass is 10.1. The monoisotopic (exact) mass is 227 g/mol. The number of nitrogens with zero attached hydrogens (tertiary/aromatic N) is 1. The van der Waals surface area contributed by atoms with Crippen LogP contribution in [-0.4, -0.2) is 30.1 Å². The molecule has 1 rings (SSSR count). The molecule has 1 N–H and O–H groups in total. The van der Waals surface area contributed by atoms with Gasteiger partial charge in [0.05, 0.1) is 6.42 Å². The third-order valence-corrected chi connectivity index (χ3v) is 2.31. The highest BCUT2D eigenvalue weighted by Crippen LogP contribution is 2.19. The number of benzene rings is 1. The summed E-state index contributed by atoms with van der Waals surface area (Å²) in [7, 11) is 3.92. The molecule has 0 aliphatic carbocycles. The van der Waals surface area contributed by atoms with E-state index in [9.17, 15) is 4.79 Å². The fourth-order valence-electron chi connectivity index (χ4n) is 1.34. The Kier molecular flexibility index (Phi) is 4.12. The summed E-state index contributed by atoms with van der Waals surface area (Å²) >= 11 is 6.04. The highest BCUT2D eigenvalue weighted by atomic mass is 35.5. The second-order valence-electron chi connectivity index (χ2n) is 3.73. The van der Waals surface area contributed by atoms with Gasteiger partial charge in [-0.25, -0.2) is 0 Å². The van der Waals surface area contributed by atoms with E-state index in [2.05, 4.69) is 0 Å². The molecule has 15 heavy (non-hydrogen) atoms. The molecule has 0 spiro atoms. The van der Waals surface area contributed by atoms with Crippen molar-refractivity contribution in [2.75, 3.05) is 14.1 Å². The second kappa shape index (κ2) is 5.14. The molecular weight excluding hydrogens is 214 g/mol. The van der Waals surface area contributed by atoms with Gasteiger partial charge in [0.25, 0.3) is 0 Å². The minimum absolute atomic E-state index is 0.0158. The molecule has 1 aromatic rings. The summed E-state index contributed by atoms with van der Waals surface area (Å²) in [6.45, 7) is 0.756. The third kappa shape index (κ3) is 3.90. The lowest BCUT2D eigenvalue weighted by molar-refractivity contribution is -0.136. The largest absolute Gasteiger partial charge is 0.481 e. The van der Waals surface area contributed by atoms with Crippen molar-refractivity contribution >= 4 is 17.6 Å². The summed E-state index contributed by atoms with van der Waals surface area (Å²) in [6, 6.07) is 5.40. The van der Waals surface area contributed by atoms with Gasteiger partial charge in [-0.2, -0.15) is 0 Å². The molecule has 0 saturated heterocycles. The quantitative estimate of drug-likeness (QED) is 0.856. The van der Waals surface area contributed by atoms with Crippen molar-refractivity contribution < 1.29 is 9.90 Å². The average Bonchev–Trinajstić information content (AvgIpc) is 2.08. The van der Waals surface area contributed by atoms with Crippen LogP contribution in [0.3, 0.4) is 0 Å². The van der Waals surface area contributed by atoms with Crippen molar-refractivity contribution in [3.8, 4) is 0 Å². The van der Waals surface area contributed by atoms with Crippen molar-refractivity contribution in [3.63, 3.8) is 0 Å². The first kappa shape index (κ1) is 12.0. The lowest BCUT2D eigenvalue weighted by Crippen LogP contribution is -2.11. The first-order valence-electron chi connectivity index (χ1n) is 4.63. The highest BCUT2D eigenvalue weighted by molar-refractivity contribution is 6.31. The van der Waals surface area contributed by atoms with Crippen LogP contribution in [0.15, 0.2) is 18.2 Å². The standard InChI is InChI=1S/C11H14ClNO2/c1-13(2)7-9-4-3-8(5-10(9)12)6-11(14)15/h3-5H,6-7H2,1-2H3,(H,14,15). The van der Waals surface area contributed by atoms with Crippen LogP contribution in [0.1, 0.15) is 11.1 Å². The van der Waals surface area contributed by atoms with Crippen molar-refractivity contribution in [3.05, 3.63) is 34.3 Å². The van der Waals surface area contributed by atoms with Crippen LogP contribution in [-0.2, 0) is 17.8 Å². The van der Waals surface area contributed by atoms with E-state index in [1.54, 1.807) is 12.1 Å². The molecule has 82 valence electrons. The van der Waals surface area contributed by atoms with Gasteiger partial charge in [0.1, 0.15) is 0 Å². The van der Waals surface area contributed by atoms with Gasteiger partial charge in [-0.3, -0.25) is 4.79 Å². The summed E-state index contributed by atoms with van der Waals surface area (Å²) in [6.07, 6.45) is 0.0158. The number of carbonyl (C=O) groups is 1. The molecular formula is C11H14ClNO2. The Morgan fingerprint density at radius 1 is 1.47 bits per heavy atom. The third-order valence-electron chi connectivity index (χ3n) is 1.96. The fraction of sp³-hybridized carbons (Fsp3) is 0.364. The normalized spacial score (nSPS) is 10.7. The minimum atomic E-state index is -0.841. The van der Waals surface area contributed by atoms with Crippen molar-refractivity contribution in [2.24, 2.45) is 0 Å². The Hall–Kier alpha value is -1.06. The Morgan fingerprint density at radius 3 is 2.60 bits per heavy atom. The topological polar surface area (TPSA) is 40.5 Å². The summed E-state index contributed by atoms with van der Waals surface area (Å²) < 4.78 is 0. The Balaban J connectivity index is 2.83. The number of carboxylic acid groups (broad SMARTS) is 1. The van der Waals surface area contributed by atoms with Crippen LogP contribution in [0.4, 0.5) is 0 Å². The smallest absolute Gasteiger partial charge is 0.307 e. The van der Waals surface area contributed by atoms with Gasteiger partial charge in [-0.15, -0.1) is 0 Å². The zero-order valence-corrected chi connectivity index (χ0v) is 9.58. The Labute approximate surface area is 94.3 Å². The van der Waals surface area contributed by atoms with Crippen molar-refractivity contribution in [1.29, 1.82) is 0 Å². The summed E-state index contributed by atoms with van der Waals surface area (Å²) in [5.74, 6) is -0.841. The molecule has 4 heteroatoms. The van der Waals surface area contributed by atoms with E-state index in [1.165, 1.54) is 0 Å². The number of hydrogen-bond donors (Lipinski definition) is 1. The molecule has 0 unspecified atom stereocenters. The maximum absolute atomic E-state index is 10.5. The fourth-order valence-corrected chi connectivity index (χ4v) is 1.61. The SMILES string of the molecule is CN(C)Cc1ccc(CC(=O)O)cc1Cl. The number of carboxylic acids is 1. The molecule has 3 nitrogen and oxygen atoms in total. The molecule has 0 fully saturated rings. The van der Waals surface area contributed by atoms with E-state index in [0.29, 0.717) is 5.02 Å². The molecule has 0 aliphatic rings. The van der Waals surface area contributed by atoms with E-state index in [4.69, 9.17) is 16.7 Å². The molecule has 1 aromatic carbocycles. The summed E-state index contributed by atoms with van der Waals surface area (Å²) in [5, 5.41) is 9.25. The maximum atomic E-state index is 10.5. The van der Waals surface area contributed by atoms with E-state index >= 15 is 0 Å². The van der Waals surface area contributed by atoms with Gasteiger partial charge in [0.15, 0.2) is 0 Å². The van der Waals surface area contributed by atoms with E-state index in [-0.39, 0.29) is 6.42 Å². The van der Waals surface area contributed by atoms with Crippen LogP contribution in [0, 0.1) is 0 Å². The maximum Gasteiger partial charge on any atom is 0.307 e. The first-order chi connectivity index (χ1) is 6.99. The average molecular weight is 228 g/mol. The molecule has 0 aliphatic heterocycles. The molecule has 0 heterocycles. The molecule has 0 aromatic heterocycles. The molecule has 0 atom stereocenters. The number of halogens is 1. The van der Waals surface area contributed by atoms with Gasteiger partial charge >= 0.3 is 5.97 Å². The Morgan fingerprint density at radius 2 is 2.13 bits per heavy atom. The van der Waals surface area contributed by atoms with E-state index < -0.39 is 5.97 Å². The Bertz CT molecular complexity index is 364. The summed E-state index contributed by atoms with van der Waals surface area (Å²) in [4.78, 5) is 12.5. The first-order valence-corrected chi connectivity index (χ1v) is 5.00. The lowest BCUT2D eigenvalue weighted by Gasteiger charge is -2.11. The van der Waals surface area contributed by atoms with Gasteiger partial charge in [0, 0.05) is 11.6 Å². The summed E-state index contributed by atoms with van der Waals surface area (Å²) in [5.41, 5.74) is 1.74. The second-order valence-corrected chi connectivity index (χ2v) is 4.14. The minimum Gasteiger partial charge on any atom is -0.481 e. The van der Waals surface area contributed by atoms with Crippen LogP contribution in [0.5, 0.6) is 0 Å².